The summed E-state index contributed by atoms with van der Waals surface area (Å²) in [6.45, 7) is 1.74. The smallest absolute Gasteiger partial charge is 0.168 e. The quantitative estimate of drug-likeness (QED) is 0.417. The van der Waals surface area contributed by atoms with Crippen molar-refractivity contribution in [3.63, 3.8) is 0 Å². The molecule has 5 heteroatoms. The largest absolute Gasteiger partial charge is 0.381 e. The highest BCUT2D eigenvalue weighted by Gasteiger charge is 1.98. The van der Waals surface area contributed by atoms with Crippen molar-refractivity contribution in [3.8, 4) is 0 Å². The molecule has 0 aliphatic carbocycles. The zero-order valence-electron chi connectivity index (χ0n) is 4.50. The molecule has 0 atom stereocenters. The molecule has 0 fully saturated rings. The van der Waals surface area contributed by atoms with Gasteiger partial charge in [-0.05, 0) is 12.1 Å². The third kappa shape index (κ3) is 0.481. The fraction of sp³-hybridized carbons (Fsp3) is 0.333. The van der Waals surface area contributed by atoms with Crippen LogP contribution in [-0.4, -0.2) is 15.1 Å². The highest BCUT2D eigenvalue weighted by atomic mass is 15.6. The van der Waals surface area contributed by atoms with Crippen molar-refractivity contribution in [3.05, 3.63) is 5.69 Å². The van der Waals surface area contributed by atoms with Gasteiger partial charge in [-0.1, -0.05) is 0 Å². The zero-order valence-corrected chi connectivity index (χ0v) is 4.50. The zero-order chi connectivity index (χ0) is 6.15. The van der Waals surface area contributed by atoms with Gasteiger partial charge >= 0.3 is 0 Å². The fourth-order valence-corrected chi connectivity index (χ4v) is 0.380. The van der Waals surface area contributed by atoms with Crippen LogP contribution in [0.4, 0.5) is 5.82 Å². The van der Waals surface area contributed by atoms with E-state index in [0.29, 0.717) is 11.5 Å². The van der Waals surface area contributed by atoms with Crippen LogP contribution in [0.15, 0.2) is 0 Å². The summed E-state index contributed by atoms with van der Waals surface area (Å²) in [5.74, 6) is 5.57. The van der Waals surface area contributed by atoms with Crippen molar-refractivity contribution in [1.82, 2.24) is 15.1 Å². The van der Waals surface area contributed by atoms with Crippen LogP contribution in [0, 0.1) is 6.92 Å². The predicted molar refractivity (Wildman–Crippen MR) is 29.3 cm³/mol. The number of nitrogens with zero attached hydrogens (tertiary/aromatic N) is 3. The first kappa shape index (κ1) is 4.89. The minimum Gasteiger partial charge on any atom is -0.381 e. The summed E-state index contributed by atoms with van der Waals surface area (Å²) in [6, 6.07) is 0. The monoisotopic (exact) mass is 113 g/mol. The van der Waals surface area contributed by atoms with Crippen LogP contribution in [0.2, 0.25) is 0 Å². The van der Waals surface area contributed by atoms with Crippen LogP contribution in [0.25, 0.3) is 0 Å². The summed E-state index contributed by atoms with van der Waals surface area (Å²) in [5, 5.41) is 7.01. The van der Waals surface area contributed by atoms with E-state index in [0.717, 1.165) is 4.79 Å². The molecular weight excluding hydrogens is 106 g/mol. The molecular formula is C3H7N5. The normalized spacial score (nSPS) is 9.62. The molecule has 0 saturated carbocycles. The summed E-state index contributed by atoms with van der Waals surface area (Å²) < 4.78 is 0. The molecule has 0 bridgehead atoms. The Labute approximate surface area is 46.2 Å². The van der Waals surface area contributed by atoms with Crippen molar-refractivity contribution in [2.24, 2.45) is 0 Å². The van der Waals surface area contributed by atoms with E-state index in [-0.39, 0.29) is 0 Å². The number of anilines is 1. The van der Waals surface area contributed by atoms with E-state index in [1.54, 1.807) is 6.92 Å². The molecule has 1 aromatic heterocycles. The first-order chi connectivity index (χ1) is 3.72. The van der Waals surface area contributed by atoms with E-state index in [9.17, 15) is 0 Å². The molecule has 0 amide bonds. The number of hydrogen-bond acceptors (Lipinski definition) is 4. The molecule has 1 heterocycles. The van der Waals surface area contributed by atoms with Crippen LogP contribution < -0.4 is 11.6 Å². The standard InChI is InChI=1S/C3H7N5/c1-2-3(4)8(5)7-6-2/h4-5H2,1H3. The van der Waals surface area contributed by atoms with Crippen LogP contribution in [0.1, 0.15) is 5.69 Å². The third-order valence-electron chi connectivity index (χ3n) is 0.909. The Morgan fingerprint density at radius 3 is 2.38 bits per heavy atom. The Morgan fingerprint density at radius 2 is 2.25 bits per heavy atom. The van der Waals surface area contributed by atoms with Crippen molar-refractivity contribution >= 4 is 5.82 Å². The van der Waals surface area contributed by atoms with Crippen molar-refractivity contribution in [2.75, 3.05) is 11.6 Å². The number of nitrogen functional groups attached to an aromatic ring is 2. The molecule has 0 unspecified atom stereocenters. The summed E-state index contributed by atoms with van der Waals surface area (Å²) in [6.07, 6.45) is 0. The highest BCUT2D eigenvalue weighted by molar-refractivity contribution is 5.31. The van der Waals surface area contributed by atoms with Crippen molar-refractivity contribution in [2.45, 2.75) is 6.92 Å². The lowest BCUT2D eigenvalue weighted by atomic mass is 10.5. The van der Waals surface area contributed by atoms with Gasteiger partial charge in [0.15, 0.2) is 5.82 Å². The van der Waals surface area contributed by atoms with E-state index >= 15 is 0 Å². The van der Waals surface area contributed by atoms with Gasteiger partial charge < -0.3 is 11.6 Å². The molecule has 8 heavy (non-hydrogen) atoms. The molecule has 0 radical (unpaired) electrons. The van der Waals surface area contributed by atoms with Gasteiger partial charge in [0, 0.05) is 0 Å². The average Bonchev–Trinajstić information content (AvgIpc) is 1.98. The van der Waals surface area contributed by atoms with Crippen LogP contribution in [0.3, 0.4) is 0 Å². The number of nitrogens with two attached hydrogens (primary N) is 2. The topological polar surface area (TPSA) is 82.8 Å². The Bertz CT molecular complexity index is 170. The van der Waals surface area contributed by atoms with Crippen LogP contribution in [-0.2, 0) is 0 Å². The van der Waals surface area contributed by atoms with Gasteiger partial charge in [-0.25, -0.2) is 0 Å². The molecule has 0 saturated heterocycles. The fourth-order valence-electron chi connectivity index (χ4n) is 0.380. The second kappa shape index (κ2) is 1.36. The number of hydrogen-bond donors (Lipinski definition) is 2. The first-order valence-corrected chi connectivity index (χ1v) is 2.14. The first-order valence-electron chi connectivity index (χ1n) is 2.14. The third-order valence-corrected chi connectivity index (χ3v) is 0.909. The Morgan fingerprint density at radius 1 is 1.62 bits per heavy atom. The number of rotatable bonds is 0. The molecule has 0 aliphatic heterocycles. The Kier molecular flexibility index (Phi) is 0.831. The molecule has 1 aromatic rings. The average molecular weight is 113 g/mol. The second-order valence-electron chi connectivity index (χ2n) is 1.50. The van der Waals surface area contributed by atoms with Gasteiger partial charge in [0.25, 0.3) is 0 Å². The Hall–Kier alpha value is -1.26. The van der Waals surface area contributed by atoms with Gasteiger partial charge in [-0.15, -0.1) is 9.89 Å². The van der Waals surface area contributed by atoms with Gasteiger partial charge in [-0.3, -0.25) is 0 Å². The molecule has 0 spiro atoms. The summed E-state index contributed by atoms with van der Waals surface area (Å²) in [5.41, 5.74) is 5.97. The van der Waals surface area contributed by atoms with Crippen molar-refractivity contribution in [1.29, 1.82) is 0 Å². The Balaban J connectivity index is 3.19. The van der Waals surface area contributed by atoms with Gasteiger partial charge in [0.2, 0.25) is 0 Å². The van der Waals surface area contributed by atoms with E-state index in [2.05, 4.69) is 10.3 Å². The molecule has 5 nitrogen and oxygen atoms in total. The minimum absolute atomic E-state index is 0.407. The van der Waals surface area contributed by atoms with Crippen LogP contribution >= 0.6 is 0 Å². The summed E-state index contributed by atoms with van der Waals surface area (Å²) in [4.78, 5) is 1.04. The van der Waals surface area contributed by atoms with Gasteiger partial charge in [0.05, 0.1) is 0 Å². The second-order valence-corrected chi connectivity index (χ2v) is 1.50. The molecule has 1 rings (SSSR count). The predicted octanol–water partition coefficient (Wildman–Crippen LogP) is -1.12. The molecule has 44 valence electrons. The maximum atomic E-state index is 5.31. The van der Waals surface area contributed by atoms with Gasteiger partial charge in [-0.2, -0.15) is 0 Å². The maximum absolute atomic E-state index is 5.31. The number of aryl methyl sites for hydroxylation is 1. The summed E-state index contributed by atoms with van der Waals surface area (Å²) >= 11 is 0. The molecule has 0 aliphatic rings. The lowest BCUT2D eigenvalue weighted by Crippen LogP contribution is -2.13. The summed E-state index contributed by atoms with van der Waals surface area (Å²) in [7, 11) is 0. The maximum Gasteiger partial charge on any atom is 0.168 e. The van der Waals surface area contributed by atoms with E-state index < -0.39 is 0 Å². The minimum atomic E-state index is 0.407. The van der Waals surface area contributed by atoms with E-state index in [1.807, 2.05) is 0 Å². The number of aromatic nitrogens is 3. The van der Waals surface area contributed by atoms with E-state index in [1.165, 1.54) is 0 Å². The van der Waals surface area contributed by atoms with E-state index in [4.69, 9.17) is 11.6 Å². The highest BCUT2D eigenvalue weighted by Crippen LogP contribution is 1.98. The molecule has 4 N–H and O–H groups in total. The lowest BCUT2D eigenvalue weighted by Gasteiger charge is -1.88. The van der Waals surface area contributed by atoms with Gasteiger partial charge in [0.1, 0.15) is 5.69 Å². The SMILES string of the molecule is Cc1nnn(N)c1N. The lowest BCUT2D eigenvalue weighted by molar-refractivity contribution is 0.770. The molecule has 0 aromatic carbocycles. The van der Waals surface area contributed by atoms with Crippen LogP contribution in [0.5, 0.6) is 0 Å². The van der Waals surface area contributed by atoms with Crippen molar-refractivity contribution < 1.29 is 0 Å².